The van der Waals surface area contributed by atoms with Gasteiger partial charge in [0.25, 0.3) is 0 Å². The fourth-order valence-electron chi connectivity index (χ4n) is 2.96. The van der Waals surface area contributed by atoms with Crippen molar-refractivity contribution in [3.05, 3.63) is 0 Å². The minimum Gasteiger partial charge on any atom is -0.468 e. The predicted octanol–water partition coefficient (Wildman–Crippen LogP) is 2.90. The lowest BCUT2D eigenvalue weighted by atomic mass is 9.85. The molecule has 3 unspecified atom stereocenters. The number of hydrogen-bond donors (Lipinski definition) is 1. The lowest BCUT2D eigenvalue weighted by Crippen LogP contribution is -2.39. The molecule has 0 saturated heterocycles. The van der Waals surface area contributed by atoms with Crippen LogP contribution in [0.3, 0.4) is 0 Å². The van der Waals surface area contributed by atoms with Gasteiger partial charge in [0.2, 0.25) is 0 Å². The molecule has 1 fully saturated rings. The topological polar surface area (TPSA) is 47.6 Å². The van der Waals surface area contributed by atoms with Crippen LogP contribution in [0.2, 0.25) is 0 Å². The third kappa shape index (κ3) is 5.80. The quantitative estimate of drug-likeness (QED) is 0.662. The number of carbonyl (C=O) groups excluding carboxylic acids is 1. The van der Waals surface area contributed by atoms with Crippen LogP contribution in [0.5, 0.6) is 0 Å². The van der Waals surface area contributed by atoms with E-state index >= 15 is 0 Å². The van der Waals surface area contributed by atoms with E-state index in [1.807, 2.05) is 0 Å². The molecular formula is C16H31NO3. The Bertz CT molecular complexity index is 270. The Kier molecular flexibility index (Phi) is 8.86. The summed E-state index contributed by atoms with van der Waals surface area (Å²) < 4.78 is 10.9. The summed E-state index contributed by atoms with van der Waals surface area (Å²) in [6.45, 7) is 5.80. The first-order chi connectivity index (χ1) is 9.72. The van der Waals surface area contributed by atoms with Crippen molar-refractivity contribution in [1.82, 2.24) is 5.32 Å². The summed E-state index contributed by atoms with van der Waals surface area (Å²) in [6.07, 6.45) is 8.35. The molecular weight excluding hydrogens is 254 g/mol. The fraction of sp³-hybridized carbons (Fsp3) is 0.938. The molecule has 4 nitrogen and oxygen atoms in total. The zero-order valence-electron chi connectivity index (χ0n) is 13.3. The van der Waals surface area contributed by atoms with E-state index in [-0.39, 0.29) is 12.0 Å². The van der Waals surface area contributed by atoms with Crippen molar-refractivity contribution in [2.75, 3.05) is 20.3 Å². The van der Waals surface area contributed by atoms with Crippen LogP contribution in [-0.2, 0) is 14.3 Å². The molecule has 1 rings (SSSR count). The molecule has 0 amide bonds. The Labute approximate surface area is 123 Å². The van der Waals surface area contributed by atoms with Gasteiger partial charge >= 0.3 is 5.97 Å². The summed E-state index contributed by atoms with van der Waals surface area (Å²) in [5, 5.41) is 3.23. The number of ether oxygens (including phenoxy) is 2. The molecule has 0 heterocycles. The summed E-state index contributed by atoms with van der Waals surface area (Å²) in [5.41, 5.74) is 0. The first kappa shape index (κ1) is 17.4. The first-order valence-electron chi connectivity index (χ1n) is 8.15. The maximum atomic E-state index is 11.7. The molecule has 3 atom stereocenters. The van der Waals surface area contributed by atoms with E-state index in [1.54, 1.807) is 0 Å². The lowest BCUT2D eigenvalue weighted by Gasteiger charge is -2.31. The Morgan fingerprint density at radius 2 is 2.05 bits per heavy atom. The highest BCUT2D eigenvalue weighted by Gasteiger charge is 2.25. The van der Waals surface area contributed by atoms with Gasteiger partial charge in [-0.1, -0.05) is 33.1 Å². The van der Waals surface area contributed by atoms with E-state index in [2.05, 4.69) is 19.2 Å². The monoisotopic (exact) mass is 285 g/mol. The summed E-state index contributed by atoms with van der Waals surface area (Å²) in [7, 11) is 1.44. The van der Waals surface area contributed by atoms with Crippen molar-refractivity contribution < 1.29 is 14.3 Å². The second-order valence-corrected chi connectivity index (χ2v) is 5.68. The molecule has 20 heavy (non-hydrogen) atoms. The van der Waals surface area contributed by atoms with Crippen molar-refractivity contribution in [1.29, 1.82) is 0 Å². The summed E-state index contributed by atoms with van der Waals surface area (Å²) in [5.74, 6) is 0.515. The molecule has 1 N–H and O–H groups in total. The van der Waals surface area contributed by atoms with Crippen LogP contribution in [0, 0.1) is 5.92 Å². The average molecular weight is 285 g/mol. The van der Waals surface area contributed by atoms with E-state index in [0.717, 1.165) is 13.0 Å². The molecule has 0 spiro atoms. The zero-order valence-corrected chi connectivity index (χ0v) is 13.3. The molecule has 0 radical (unpaired) electrons. The summed E-state index contributed by atoms with van der Waals surface area (Å²) >= 11 is 0. The van der Waals surface area contributed by atoms with Crippen LogP contribution < -0.4 is 5.32 Å². The highest BCUT2D eigenvalue weighted by molar-refractivity contribution is 5.75. The van der Waals surface area contributed by atoms with E-state index < -0.39 is 0 Å². The lowest BCUT2D eigenvalue weighted by molar-refractivity contribution is -0.144. The van der Waals surface area contributed by atoms with Gasteiger partial charge in [-0.15, -0.1) is 0 Å². The Morgan fingerprint density at radius 3 is 2.70 bits per heavy atom. The summed E-state index contributed by atoms with van der Waals surface area (Å²) in [6, 6.07) is -0.233. The van der Waals surface area contributed by atoms with Crippen LogP contribution >= 0.6 is 0 Å². The van der Waals surface area contributed by atoms with Gasteiger partial charge < -0.3 is 14.8 Å². The van der Waals surface area contributed by atoms with Gasteiger partial charge in [0.05, 0.1) is 13.2 Å². The van der Waals surface area contributed by atoms with Crippen molar-refractivity contribution in [2.24, 2.45) is 5.92 Å². The maximum Gasteiger partial charge on any atom is 0.322 e. The second-order valence-electron chi connectivity index (χ2n) is 5.68. The Morgan fingerprint density at radius 1 is 1.30 bits per heavy atom. The minimum atomic E-state index is -0.233. The highest BCUT2D eigenvalue weighted by atomic mass is 16.5. The van der Waals surface area contributed by atoms with Gasteiger partial charge in [0.1, 0.15) is 6.04 Å². The number of esters is 1. The van der Waals surface area contributed by atoms with E-state index in [1.165, 1.54) is 39.2 Å². The fourth-order valence-corrected chi connectivity index (χ4v) is 2.96. The largest absolute Gasteiger partial charge is 0.468 e. The number of hydrogen-bond acceptors (Lipinski definition) is 4. The molecule has 1 aliphatic carbocycles. The van der Waals surface area contributed by atoms with E-state index in [4.69, 9.17) is 9.47 Å². The van der Waals surface area contributed by atoms with Crippen molar-refractivity contribution in [2.45, 2.75) is 70.9 Å². The smallest absolute Gasteiger partial charge is 0.322 e. The molecule has 0 bridgehead atoms. The van der Waals surface area contributed by atoms with Gasteiger partial charge in [0.15, 0.2) is 0 Å². The Balaban J connectivity index is 2.32. The average Bonchev–Trinajstić information content (AvgIpc) is 2.50. The molecule has 0 aliphatic heterocycles. The number of methoxy groups -OCH3 is 1. The van der Waals surface area contributed by atoms with Crippen LogP contribution in [-0.4, -0.2) is 38.4 Å². The van der Waals surface area contributed by atoms with Crippen LogP contribution in [0.1, 0.15) is 58.8 Å². The number of rotatable bonds is 9. The van der Waals surface area contributed by atoms with Crippen molar-refractivity contribution in [3.63, 3.8) is 0 Å². The van der Waals surface area contributed by atoms with Gasteiger partial charge in [-0.3, -0.25) is 4.79 Å². The second kappa shape index (κ2) is 10.2. The zero-order chi connectivity index (χ0) is 14.8. The van der Waals surface area contributed by atoms with E-state index in [0.29, 0.717) is 25.0 Å². The van der Waals surface area contributed by atoms with Gasteiger partial charge in [-0.05, 0) is 38.1 Å². The molecule has 118 valence electrons. The van der Waals surface area contributed by atoms with E-state index in [9.17, 15) is 4.79 Å². The molecule has 0 aromatic heterocycles. The highest BCUT2D eigenvalue weighted by Crippen LogP contribution is 2.29. The van der Waals surface area contributed by atoms with Crippen LogP contribution in [0.25, 0.3) is 0 Å². The van der Waals surface area contributed by atoms with Crippen molar-refractivity contribution >= 4 is 5.97 Å². The van der Waals surface area contributed by atoms with Gasteiger partial charge in [-0.2, -0.15) is 0 Å². The van der Waals surface area contributed by atoms with Gasteiger partial charge in [-0.25, -0.2) is 0 Å². The number of nitrogens with one attached hydrogen (secondary N) is 1. The third-order valence-corrected chi connectivity index (χ3v) is 4.23. The van der Waals surface area contributed by atoms with Crippen molar-refractivity contribution in [3.8, 4) is 0 Å². The number of carbonyl (C=O) groups is 1. The molecule has 0 aromatic carbocycles. The van der Waals surface area contributed by atoms with Crippen LogP contribution in [0.4, 0.5) is 0 Å². The molecule has 1 aliphatic rings. The molecule has 1 saturated carbocycles. The normalized spacial score (nSPS) is 24.4. The van der Waals surface area contributed by atoms with Crippen LogP contribution in [0.15, 0.2) is 0 Å². The molecule has 0 aromatic rings. The standard InChI is InChI=1S/C16H31NO3/c1-4-11-17-14(16(18)19-3)10-12-20-15-9-7-6-8-13(15)5-2/h13-15,17H,4-12H2,1-3H3. The van der Waals surface area contributed by atoms with Gasteiger partial charge in [0, 0.05) is 6.61 Å². The summed E-state index contributed by atoms with van der Waals surface area (Å²) in [4.78, 5) is 11.7. The maximum absolute atomic E-state index is 11.7. The predicted molar refractivity (Wildman–Crippen MR) is 80.7 cm³/mol. The minimum absolute atomic E-state index is 0.183. The Hall–Kier alpha value is -0.610. The SMILES string of the molecule is CCCNC(CCOC1CCCCC1CC)C(=O)OC. The third-order valence-electron chi connectivity index (χ3n) is 4.23. The molecule has 4 heteroatoms. The first-order valence-corrected chi connectivity index (χ1v) is 8.15.